The third-order valence-corrected chi connectivity index (χ3v) is 4.36. The van der Waals surface area contributed by atoms with Gasteiger partial charge in [-0.15, -0.1) is 0 Å². The minimum atomic E-state index is -0.110. The van der Waals surface area contributed by atoms with E-state index in [-0.39, 0.29) is 12.3 Å². The van der Waals surface area contributed by atoms with Crippen LogP contribution in [-0.2, 0) is 16.0 Å². The lowest BCUT2D eigenvalue weighted by Gasteiger charge is -2.30. The average molecular weight is 361 g/mol. The predicted octanol–water partition coefficient (Wildman–Crippen LogP) is 3.37. The molecule has 2 aromatic rings. The molecule has 25 heavy (non-hydrogen) atoms. The molecular weight excluding hydrogens is 340 g/mol. The molecule has 1 amide bonds. The van der Waals surface area contributed by atoms with Crippen molar-refractivity contribution in [2.75, 3.05) is 43.6 Å². The van der Waals surface area contributed by atoms with Gasteiger partial charge >= 0.3 is 0 Å². The molecule has 0 aromatic heterocycles. The minimum Gasteiger partial charge on any atom is -0.496 e. The molecular formula is C19H21ClN2O3. The van der Waals surface area contributed by atoms with Crippen LogP contribution in [0.2, 0.25) is 5.02 Å². The number of amides is 1. The van der Waals surface area contributed by atoms with Gasteiger partial charge in [0.15, 0.2) is 0 Å². The number of carbonyl (C=O) groups is 1. The first-order valence-corrected chi connectivity index (χ1v) is 8.59. The third-order valence-electron chi connectivity index (χ3n) is 4.12. The number of methoxy groups -OCH3 is 1. The number of carbonyl (C=O) groups excluding carboxylic acids is 1. The molecule has 0 unspecified atom stereocenters. The number of nitrogens with zero attached hydrogens (tertiary/aromatic N) is 1. The minimum absolute atomic E-state index is 0.110. The zero-order valence-corrected chi connectivity index (χ0v) is 14.9. The Hall–Kier alpha value is -2.24. The highest BCUT2D eigenvalue weighted by atomic mass is 35.5. The van der Waals surface area contributed by atoms with E-state index in [2.05, 4.69) is 10.2 Å². The fraction of sp³-hybridized carbons (Fsp3) is 0.316. The molecule has 132 valence electrons. The molecule has 0 spiro atoms. The Morgan fingerprint density at radius 1 is 1.24 bits per heavy atom. The van der Waals surface area contributed by atoms with Crippen LogP contribution in [0.3, 0.4) is 0 Å². The Balaban J connectivity index is 1.74. The maximum Gasteiger partial charge on any atom is 0.228 e. The molecule has 3 rings (SSSR count). The SMILES string of the molecule is COc1ccc(Cl)cc1CC(=O)Nc1ccccc1N1CCOCC1. The van der Waals surface area contributed by atoms with Crippen LogP contribution in [0, 0.1) is 0 Å². The van der Waals surface area contributed by atoms with E-state index in [0.717, 1.165) is 30.0 Å². The van der Waals surface area contributed by atoms with Gasteiger partial charge in [0, 0.05) is 23.7 Å². The van der Waals surface area contributed by atoms with E-state index in [9.17, 15) is 4.79 Å². The van der Waals surface area contributed by atoms with E-state index in [1.54, 1.807) is 25.3 Å². The zero-order chi connectivity index (χ0) is 17.6. The summed E-state index contributed by atoms with van der Waals surface area (Å²) in [5.74, 6) is 0.544. The van der Waals surface area contributed by atoms with Crippen molar-refractivity contribution in [2.24, 2.45) is 0 Å². The van der Waals surface area contributed by atoms with Gasteiger partial charge in [-0.1, -0.05) is 23.7 Å². The first-order chi connectivity index (χ1) is 12.2. The lowest BCUT2D eigenvalue weighted by molar-refractivity contribution is -0.115. The molecule has 6 heteroatoms. The van der Waals surface area contributed by atoms with Crippen molar-refractivity contribution >= 4 is 28.9 Å². The van der Waals surface area contributed by atoms with E-state index < -0.39 is 0 Å². The van der Waals surface area contributed by atoms with Crippen molar-refractivity contribution in [3.63, 3.8) is 0 Å². The van der Waals surface area contributed by atoms with Crippen molar-refractivity contribution in [3.8, 4) is 5.75 Å². The van der Waals surface area contributed by atoms with Gasteiger partial charge in [0.25, 0.3) is 0 Å². The molecule has 0 bridgehead atoms. The van der Waals surface area contributed by atoms with Crippen LogP contribution in [-0.4, -0.2) is 39.3 Å². The van der Waals surface area contributed by atoms with Crippen LogP contribution in [0.15, 0.2) is 42.5 Å². The summed E-state index contributed by atoms with van der Waals surface area (Å²) in [4.78, 5) is 14.8. The van der Waals surface area contributed by atoms with E-state index in [1.807, 2.05) is 24.3 Å². The van der Waals surface area contributed by atoms with Crippen molar-refractivity contribution in [1.29, 1.82) is 0 Å². The number of nitrogens with one attached hydrogen (secondary N) is 1. The molecule has 0 atom stereocenters. The van der Waals surface area contributed by atoms with Crippen LogP contribution in [0.1, 0.15) is 5.56 Å². The molecule has 1 fully saturated rings. The van der Waals surface area contributed by atoms with E-state index >= 15 is 0 Å². The number of rotatable bonds is 5. The van der Waals surface area contributed by atoms with Gasteiger partial charge in [0.2, 0.25) is 5.91 Å². The molecule has 1 N–H and O–H groups in total. The largest absolute Gasteiger partial charge is 0.496 e. The third kappa shape index (κ3) is 4.44. The first kappa shape index (κ1) is 17.6. The molecule has 1 heterocycles. The second-order valence-electron chi connectivity index (χ2n) is 5.80. The topological polar surface area (TPSA) is 50.8 Å². The van der Waals surface area contributed by atoms with Gasteiger partial charge in [-0.25, -0.2) is 0 Å². The maximum atomic E-state index is 12.5. The van der Waals surface area contributed by atoms with Crippen LogP contribution in [0.4, 0.5) is 11.4 Å². The summed E-state index contributed by atoms with van der Waals surface area (Å²) < 4.78 is 10.7. The van der Waals surface area contributed by atoms with Crippen LogP contribution < -0.4 is 15.0 Å². The first-order valence-electron chi connectivity index (χ1n) is 8.21. The Labute approximate surface area is 152 Å². The van der Waals surface area contributed by atoms with Crippen LogP contribution >= 0.6 is 11.6 Å². The number of morpholine rings is 1. The number of para-hydroxylation sites is 2. The van der Waals surface area contributed by atoms with E-state index in [4.69, 9.17) is 21.1 Å². The highest BCUT2D eigenvalue weighted by molar-refractivity contribution is 6.30. The molecule has 1 aliphatic heterocycles. The van der Waals surface area contributed by atoms with Gasteiger partial charge in [-0.2, -0.15) is 0 Å². The Kier molecular flexibility index (Phi) is 5.79. The number of ether oxygens (including phenoxy) is 2. The second-order valence-corrected chi connectivity index (χ2v) is 6.23. The van der Waals surface area contributed by atoms with Crippen LogP contribution in [0.25, 0.3) is 0 Å². The van der Waals surface area contributed by atoms with Gasteiger partial charge in [-0.3, -0.25) is 4.79 Å². The molecule has 2 aromatic carbocycles. The van der Waals surface area contributed by atoms with Crippen molar-refractivity contribution in [2.45, 2.75) is 6.42 Å². The molecule has 0 saturated carbocycles. The summed E-state index contributed by atoms with van der Waals surface area (Å²) in [6, 6.07) is 13.1. The van der Waals surface area contributed by atoms with Gasteiger partial charge in [0.1, 0.15) is 5.75 Å². The van der Waals surface area contributed by atoms with Crippen molar-refractivity contribution < 1.29 is 14.3 Å². The molecule has 5 nitrogen and oxygen atoms in total. The highest BCUT2D eigenvalue weighted by Gasteiger charge is 2.16. The number of benzene rings is 2. The Bertz CT molecular complexity index is 745. The second kappa shape index (κ2) is 8.23. The zero-order valence-electron chi connectivity index (χ0n) is 14.1. The van der Waals surface area contributed by atoms with Gasteiger partial charge < -0.3 is 19.7 Å². The summed E-state index contributed by atoms with van der Waals surface area (Å²) in [6.07, 6.45) is 0.196. The quantitative estimate of drug-likeness (QED) is 0.888. The number of hydrogen-bond acceptors (Lipinski definition) is 4. The van der Waals surface area contributed by atoms with E-state index in [0.29, 0.717) is 24.0 Å². The number of halogens is 1. The fourth-order valence-electron chi connectivity index (χ4n) is 2.91. The van der Waals surface area contributed by atoms with Crippen molar-refractivity contribution in [1.82, 2.24) is 0 Å². The van der Waals surface area contributed by atoms with Gasteiger partial charge in [-0.05, 0) is 30.3 Å². The lowest BCUT2D eigenvalue weighted by Crippen LogP contribution is -2.36. The molecule has 0 radical (unpaired) electrons. The standard InChI is InChI=1S/C19H21ClN2O3/c1-24-18-7-6-15(20)12-14(18)13-19(23)21-16-4-2-3-5-17(16)22-8-10-25-11-9-22/h2-7,12H,8-11,13H2,1H3,(H,21,23). The predicted molar refractivity (Wildman–Crippen MR) is 99.8 cm³/mol. The average Bonchev–Trinajstić information content (AvgIpc) is 2.63. The highest BCUT2D eigenvalue weighted by Crippen LogP contribution is 2.27. The summed E-state index contributed by atoms with van der Waals surface area (Å²) in [5, 5.41) is 3.59. The number of anilines is 2. The summed E-state index contributed by atoms with van der Waals surface area (Å²) in [7, 11) is 1.58. The Morgan fingerprint density at radius 2 is 2.00 bits per heavy atom. The molecule has 0 aliphatic carbocycles. The van der Waals surface area contributed by atoms with Crippen LogP contribution in [0.5, 0.6) is 5.75 Å². The monoisotopic (exact) mass is 360 g/mol. The molecule has 1 saturated heterocycles. The molecule has 1 aliphatic rings. The summed E-state index contributed by atoms with van der Waals surface area (Å²) >= 11 is 6.04. The number of hydrogen-bond donors (Lipinski definition) is 1. The normalized spacial score (nSPS) is 14.2. The summed E-state index contributed by atoms with van der Waals surface area (Å²) in [6.45, 7) is 3.02. The lowest BCUT2D eigenvalue weighted by atomic mass is 10.1. The maximum absolute atomic E-state index is 12.5. The van der Waals surface area contributed by atoms with E-state index in [1.165, 1.54) is 0 Å². The summed E-state index contributed by atoms with van der Waals surface area (Å²) in [5.41, 5.74) is 2.57. The van der Waals surface area contributed by atoms with Crippen molar-refractivity contribution in [3.05, 3.63) is 53.1 Å². The fourth-order valence-corrected chi connectivity index (χ4v) is 3.11. The smallest absolute Gasteiger partial charge is 0.228 e. The Morgan fingerprint density at radius 3 is 2.76 bits per heavy atom. The van der Waals surface area contributed by atoms with Gasteiger partial charge in [0.05, 0.1) is 38.1 Å².